The van der Waals surface area contributed by atoms with Crippen LogP contribution in [0.5, 0.6) is 5.75 Å². The van der Waals surface area contributed by atoms with Crippen LogP contribution >= 0.6 is 0 Å². The molecule has 0 aromatic heterocycles. The quantitative estimate of drug-likeness (QED) is 0.463. The minimum Gasteiger partial charge on any atom is -0.494 e. The zero-order valence-corrected chi connectivity index (χ0v) is 16.7. The molecule has 0 bridgehead atoms. The van der Waals surface area contributed by atoms with Crippen LogP contribution in [-0.2, 0) is 11.2 Å². The predicted octanol–water partition coefficient (Wildman–Crippen LogP) is 5.19. The molecule has 147 valence electrons. The lowest BCUT2D eigenvalue weighted by atomic mass is 9.92. The van der Waals surface area contributed by atoms with Crippen LogP contribution < -0.4 is 10.1 Å². The highest BCUT2D eigenvalue weighted by atomic mass is 16.5. The van der Waals surface area contributed by atoms with Crippen LogP contribution in [0.4, 0.5) is 0 Å². The maximum Gasteiger partial charge on any atom is 0.119 e. The lowest BCUT2D eigenvalue weighted by Gasteiger charge is -2.21. The summed E-state index contributed by atoms with van der Waals surface area (Å²) >= 11 is 0. The number of aryl methyl sites for hydroxylation is 1. The van der Waals surface area contributed by atoms with E-state index in [1.807, 2.05) is 6.92 Å². The first-order valence-electron chi connectivity index (χ1n) is 10.7. The van der Waals surface area contributed by atoms with Gasteiger partial charge in [-0.3, -0.25) is 0 Å². The van der Waals surface area contributed by atoms with Crippen molar-refractivity contribution in [3.8, 4) is 5.75 Å². The van der Waals surface area contributed by atoms with E-state index in [0.717, 1.165) is 44.5 Å². The third-order valence-corrected chi connectivity index (χ3v) is 5.14. The molecule has 1 aromatic rings. The molecule has 1 fully saturated rings. The second-order valence-electron chi connectivity index (χ2n) is 7.34. The molecule has 1 N–H and O–H groups in total. The number of benzene rings is 1. The maximum atomic E-state index is 5.79. The van der Waals surface area contributed by atoms with E-state index in [9.17, 15) is 0 Å². The number of hydrogen-bond donors (Lipinski definition) is 1. The lowest BCUT2D eigenvalue weighted by Crippen LogP contribution is -2.28. The summed E-state index contributed by atoms with van der Waals surface area (Å²) in [4.78, 5) is 0. The van der Waals surface area contributed by atoms with Crippen LogP contribution in [0, 0.1) is 12.3 Å². The smallest absolute Gasteiger partial charge is 0.119 e. The standard InChI is InChI=1S/C23H38NO2/c1-2-26-23-13-11-21(12-14-23)9-5-3-7-19-25-20-8-4-6-10-22-15-17-24-18-16-22/h11-15,22,24H,2-10,16-20H2,1H3. The molecule has 1 unspecified atom stereocenters. The van der Waals surface area contributed by atoms with Crippen LogP contribution in [0.2, 0.25) is 0 Å². The fourth-order valence-corrected chi connectivity index (χ4v) is 3.54. The van der Waals surface area contributed by atoms with Crippen molar-refractivity contribution in [3.05, 3.63) is 36.2 Å². The van der Waals surface area contributed by atoms with E-state index in [0.29, 0.717) is 0 Å². The van der Waals surface area contributed by atoms with Gasteiger partial charge >= 0.3 is 0 Å². The number of rotatable bonds is 14. The first kappa shape index (κ1) is 21.2. The van der Waals surface area contributed by atoms with E-state index in [-0.39, 0.29) is 0 Å². The Morgan fingerprint density at radius 1 is 0.962 bits per heavy atom. The van der Waals surface area contributed by atoms with E-state index >= 15 is 0 Å². The summed E-state index contributed by atoms with van der Waals surface area (Å²) < 4.78 is 11.3. The Labute approximate surface area is 160 Å². The predicted molar refractivity (Wildman–Crippen MR) is 110 cm³/mol. The molecular weight excluding hydrogens is 322 g/mol. The first-order valence-corrected chi connectivity index (χ1v) is 10.7. The van der Waals surface area contributed by atoms with Crippen molar-refractivity contribution in [2.24, 2.45) is 5.92 Å². The molecule has 0 aliphatic carbocycles. The van der Waals surface area contributed by atoms with E-state index < -0.39 is 0 Å². The average molecular weight is 361 g/mol. The van der Waals surface area contributed by atoms with Gasteiger partial charge in [0.05, 0.1) is 6.61 Å². The van der Waals surface area contributed by atoms with Gasteiger partial charge in [-0.25, -0.2) is 0 Å². The van der Waals surface area contributed by atoms with Crippen molar-refractivity contribution < 1.29 is 9.47 Å². The van der Waals surface area contributed by atoms with Gasteiger partial charge in [0.25, 0.3) is 0 Å². The Kier molecular flexibility index (Phi) is 11.5. The fraction of sp³-hybridized carbons (Fsp3) is 0.696. The van der Waals surface area contributed by atoms with Crippen molar-refractivity contribution in [3.63, 3.8) is 0 Å². The number of piperidine rings is 1. The van der Waals surface area contributed by atoms with Crippen molar-refractivity contribution in [1.29, 1.82) is 0 Å². The fourth-order valence-electron chi connectivity index (χ4n) is 3.54. The van der Waals surface area contributed by atoms with Gasteiger partial charge in [-0.2, -0.15) is 0 Å². The average Bonchev–Trinajstić information content (AvgIpc) is 2.68. The van der Waals surface area contributed by atoms with Gasteiger partial charge in [0.2, 0.25) is 0 Å². The summed E-state index contributed by atoms with van der Waals surface area (Å²) in [7, 11) is 0. The first-order chi connectivity index (χ1) is 12.9. The third kappa shape index (κ3) is 9.59. The van der Waals surface area contributed by atoms with Gasteiger partial charge in [-0.15, -0.1) is 0 Å². The molecule has 1 atom stereocenters. The summed E-state index contributed by atoms with van der Waals surface area (Å²) in [6.45, 7) is 6.91. The van der Waals surface area contributed by atoms with Gasteiger partial charge in [0, 0.05) is 13.2 Å². The van der Waals surface area contributed by atoms with Crippen LogP contribution in [0.3, 0.4) is 0 Å². The van der Waals surface area contributed by atoms with Gasteiger partial charge in [0.1, 0.15) is 5.75 Å². The molecule has 0 amide bonds. The Hall–Kier alpha value is -1.06. The molecule has 1 saturated heterocycles. The van der Waals surface area contributed by atoms with Crippen LogP contribution in [-0.4, -0.2) is 32.9 Å². The second kappa shape index (κ2) is 14.1. The minimum absolute atomic E-state index is 0.732. The SMILES string of the molecule is CCOc1ccc(CCCCCOCCCCCC2[CH]CNCC2)cc1. The molecule has 2 rings (SSSR count). The largest absolute Gasteiger partial charge is 0.494 e. The van der Waals surface area contributed by atoms with Crippen molar-refractivity contribution in [2.45, 2.75) is 64.7 Å². The molecule has 3 heteroatoms. The Morgan fingerprint density at radius 3 is 2.42 bits per heavy atom. The second-order valence-corrected chi connectivity index (χ2v) is 7.34. The highest BCUT2D eigenvalue weighted by Gasteiger charge is 2.12. The monoisotopic (exact) mass is 360 g/mol. The van der Waals surface area contributed by atoms with Crippen molar-refractivity contribution >= 4 is 0 Å². The molecule has 1 heterocycles. The van der Waals surface area contributed by atoms with Gasteiger partial charge in [-0.1, -0.05) is 37.8 Å². The van der Waals surface area contributed by atoms with Crippen molar-refractivity contribution in [2.75, 3.05) is 32.9 Å². The molecule has 1 aromatic carbocycles. The Balaban J connectivity index is 1.34. The van der Waals surface area contributed by atoms with Crippen LogP contribution in [0.25, 0.3) is 0 Å². The number of ether oxygens (including phenoxy) is 2. The highest BCUT2D eigenvalue weighted by molar-refractivity contribution is 5.27. The zero-order chi connectivity index (χ0) is 18.3. The number of unbranched alkanes of at least 4 members (excludes halogenated alkanes) is 4. The summed E-state index contributed by atoms with van der Waals surface area (Å²) in [6.07, 6.45) is 13.9. The normalized spacial score (nSPS) is 15.3. The number of nitrogens with one attached hydrogen (secondary N) is 1. The lowest BCUT2D eigenvalue weighted by molar-refractivity contribution is 0.125. The Bertz CT molecular complexity index is 440. The molecule has 1 radical (unpaired) electrons. The van der Waals surface area contributed by atoms with Crippen LogP contribution in [0.15, 0.2) is 24.3 Å². The van der Waals surface area contributed by atoms with Gasteiger partial charge in [-0.05, 0) is 82.2 Å². The molecule has 0 saturated carbocycles. The van der Waals surface area contributed by atoms with E-state index in [4.69, 9.17) is 9.47 Å². The van der Waals surface area contributed by atoms with E-state index in [1.165, 1.54) is 63.5 Å². The Morgan fingerprint density at radius 2 is 1.73 bits per heavy atom. The summed E-state index contributed by atoms with van der Waals surface area (Å²) in [5, 5.41) is 3.39. The maximum absolute atomic E-state index is 5.79. The molecular formula is C23H38NO2. The molecule has 26 heavy (non-hydrogen) atoms. The zero-order valence-electron chi connectivity index (χ0n) is 16.7. The van der Waals surface area contributed by atoms with Crippen LogP contribution in [0.1, 0.15) is 63.9 Å². The third-order valence-electron chi connectivity index (χ3n) is 5.14. The van der Waals surface area contributed by atoms with Crippen molar-refractivity contribution in [1.82, 2.24) is 5.32 Å². The topological polar surface area (TPSA) is 30.5 Å². The molecule has 1 aliphatic heterocycles. The van der Waals surface area contributed by atoms with E-state index in [2.05, 4.69) is 36.0 Å². The molecule has 3 nitrogen and oxygen atoms in total. The summed E-state index contributed by atoms with van der Waals surface area (Å²) in [5.74, 6) is 1.83. The number of hydrogen-bond acceptors (Lipinski definition) is 3. The van der Waals surface area contributed by atoms with E-state index in [1.54, 1.807) is 0 Å². The summed E-state index contributed by atoms with van der Waals surface area (Å²) in [6, 6.07) is 8.52. The van der Waals surface area contributed by atoms with Gasteiger partial charge in [0.15, 0.2) is 0 Å². The van der Waals surface area contributed by atoms with Gasteiger partial charge < -0.3 is 14.8 Å². The molecule has 1 aliphatic rings. The highest BCUT2D eigenvalue weighted by Crippen LogP contribution is 2.18. The summed E-state index contributed by atoms with van der Waals surface area (Å²) in [5.41, 5.74) is 1.40. The minimum atomic E-state index is 0.732. The molecule has 0 spiro atoms.